The Morgan fingerprint density at radius 1 is 0.550 bits per heavy atom. The molecule has 11 atom stereocenters. The number of likely N-dealkylation sites (N-methyl/N-ethyl adjacent to an activating group) is 1. The van der Waals surface area contributed by atoms with Gasteiger partial charge >= 0.3 is 13.1 Å². The first-order chi connectivity index (χ1) is 51.5. The fraction of sp³-hybridized carbons (Fsp3) is 0.795. The highest BCUT2D eigenvalue weighted by atomic mass is 16.4. The minimum absolute atomic E-state index is 0.0682. The fourth-order valence-corrected chi connectivity index (χ4v) is 20.6. The number of carbonyl (C=O) groups is 3. The van der Waals surface area contributed by atoms with E-state index >= 15 is 0 Å². The summed E-state index contributed by atoms with van der Waals surface area (Å²) >= 11 is 0. The van der Waals surface area contributed by atoms with Crippen LogP contribution >= 0.6 is 0 Å². The summed E-state index contributed by atoms with van der Waals surface area (Å²) in [5.74, 6) is 3.15. The summed E-state index contributed by atoms with van der Waals surface area (Å²) in [6, 6.07) is 3.92. The molecule has 1 aromatic carbocycles. The van der Waals surface area contributed by atoms with Gasteiger partial charge in [0, 0.05) is 411 Å². The maximum absolute atomic E-state index is 13.1. The van der Waals surface area contributed by atoms with Gasteiger partial charge < -0.3 is 35.8 Å². The van der Waals surface area contributed by atoms with Gasteiger partial charge in [-0.2, -0.15) is 0 Å². The molecule has 1 amide bonds. The van der Waals surface area contributed by atoms with Gasteiger partial charge in [-0.25, -0.2) is 0 Å². The Hall–Kier alpha value is 1.23. The molecular weight excluding hydrogens is 1300 g/mol. The number of aliphatic hydroxyl groups excluding tert-OH is 1. The lowest BCUT2D eigenvalue weighted by Crippen LogP contribution is -2.87. The van der Waals surface area contributed by atoms with Crippen molar-refractivity contribution in [3.05, 3.63) is 29.3 Å². The van der Waals surface area contributed by atoms with Crippen LogP contribution < -0.4 is 21.4 Å². The van der Waals surface area contributed by atoms with Crippen molar-refractivity contribution < 1.29 is 34.6 Å². The van der Waals surface area contributed by atoms with E-state index in [1.54, 1.807) is 19.2 Å². The number of unbranched alkanes of at least 4 members (excludes halogenated alkanes) is 1. The van der Waals surface area contributed by atoms with E-state index in [2.05, 4.69) is 36.7 Å². The Kier molecular flexibility index (Phi) is 48.0. The van der Waals surface area contributed by atoms with Crippen molar-refractivity contribution >= 4 is 421 Å². The minimum Gasteiger partial charge on any atom is -0.480 e. The number of fused-ring (bicyclic) bond motifs is 5. The molecule has 111 heavy (non-hydrogen) atoms. The van der Waals surface area contributed by atoms with Crippen molar-refractivity contribution in [1.29, 1.82) is 0 Å². The van der Waals surface area contributed by atoms with Crippen LogP contribution in [0, 0.1) is 46.3 Å². The number of hydrogen-bond donors (Lipinski definition) is 7. The van der Waals surface area contributed by atoms with Gasteiger partial charge in [-0.05, 0) is 174 Å². The van der Waals surface area contributed by atoms with Crippen LogP contribution in [-0.4, -0.2) is 493 Å². The Morgan fingerprint density at radius 3 is 1.41 bits per heavy atom. The quantitative estimate of drug-likeness (QED) is 0.0246. The van der Waals surface area contributed by atoms with E-state index in [0.29, 0.717) is 79.2 Å². The molecule has 11 nitrogen and oxygen atoms in total. The Balaban J connectivity index is 0.000000488. The predicted molar refractivity (Wildman–Crippen MR) is 538 cm³/mol. The minimum atomic E-state index is -1.59. The normalized spacial score (nSPS) is 20.5. The van der Waals surface area contributed by atoms with E-state index in [1.807, 2.05) is 25.1 Å². The number of aliphatic carboxylic acids is 1. The lowest BCUT2D eigenvalue weighted by atomic mass is 8.32. The van der Waals surface area contributed by atoms with Crippen molar-refractivity contribution in [3.8, 4) is 0 Å². The first-order valence-electron chi connectivity index (χ1n) is 39.5. The molecule has 0 aromatic heterocycles. The summed E-state index contributed by atoms with van der Waals surface area (Å²) in [5.41, 5.74) is 2.81. The number of nitrogens with zero attached hydrogens (tertiary/aromatic N) is 1. The van der Waals surface area contributed by atoms with Crippen LogP contribution in [0.1, 0.15) is 122 Å². The number of carboxylic acid groups (broad SMARTS) is 1. The van der Waals surface area contributed by atoms with Crippen molar-refractivity contribution in [2.75, 3.05) is 34.2 Å². The number of aliphatic hydroxyl groups is 1. The van der Waals surface area contributed by atoms with E-state index in [0.717, 1.165) is 48.1 Å². The average molecular weight is 1380 g/mol. The number of amides is 1. The van der Waals surface area contributed by atoms with Gasteiger partial charge in [-0.15, -0.1) is 0 Å². The van der Waals surface area contributed by atoms with E-state index in [4.69, 9.17) is 224 Å². The molecular formula is C44H73B56N4O7. The largest absolute Gasteiger partial charge is 0.488 e. The van der Waals surface area contributed by atoms with Crippen LogP contribution in [0.5, 0.6) is 0 Å². The molecule has 4 aliphatic carbocycles. The second kappa shape index (κ2) is 50.1. The van der Waals surface area contributed by atoms with E-state index in [9.17, 15) is 34.6 Å². The van der Waals surface area contributed by atoms with Crippen LogP contribution in [0.4, 0.5) is 0 Å². The third-order valence-electron chi connectivity index (χ3n) is 25.9. The highest BCUT2D eigenvalue weighted by molar-refractivity contribution is 8.28. The van der Waals surface area contributed by atoms with Gasteiger partial charge in [0.15, 0.2) is 5.78 Å². The van der Waals surface area contributed by atoms with E-state index < -0.39 is 185 Å². The number of carboxylic acids is 1. The van der Waals surface area contributed by atoms with Gasteiger partial charge in [0.25, 0.3) is 0 Å². The summed E-state index contributed by atoms with van der Waals surface area (Å²) < 4.78 is 0. The van der Waals surface area contributed by atoms with Gasteiger partial charge in [0.05, 0.1) is 18.7 Å². The monoisotopic (exact) mass is 1390 g/mol. The molecule has 4 fully saturated rings. The predicted octanol–water partition coefficient (Wildman–Crippen LogP) is -17.1. The number of Topliss-reactive ketones (excluding diaryl/α,β-unsaturated/α-hetero) is 1. The zero-order valence-electron chi connectivity index (χ0n) is 66.9. The molecule has 7 unspecified atom stereocenters. The van der Waals surface area contributed by atoms with Gasteiger partial charge in [-0.3, -0.25) is 19.7 Å². The molecule has 1 aromatic rings. The van der Waals surface area contributed by atoms with E-state index in [1.165, 1.54) is 52.0 Å². The second-order valence-electron chi connectivity index (χ2n) is 33.7. The molecule has 7 N–H and O–H groups in total. The highest BCUT2D eigenvalue weighted by Crippen LogP contribution is 2.68. The number of carbonyl (C=O) groups excluding carboxylic acids is 2. The number of benzene rings is 1. The Morgan fingerprint density at radius 2 is 0.991 bits per heavy atom. The molecule has 4 saturated carbocycles. The smallest absolute Gasteiger partial charge is 0.480 e. The van der Waals surface area contributed by atoms with Crippen LogP contribution in [-0.2, 0) is 27.3 Å². The lowest BCUT2D eigenvalue weighted by Gasteiger charge is -2.61. The summed E-state index contributed by atoms with van der Waals surface area (Å²) in [6.45, 7) is 8.42. The van der Waals surface area contributed by atoms with Gasteiger partial charge in [-0.1, -0.05) is 39.0 Å². The molecule has 0 bridgehead atoms. The fourth-order valence-electron chi connectivity index (χ4n) is 20.6. The van der Waals surface area contributed by atoms with Crippen LogP contribution in [0.25, 0.3) is 0 Å². The van der Waals surface area contributed by atoms with Gasteiger partial charge in [0.2, 0.25) is 5.91 Å². The second-order valence-corrected chi connectivity index (χ2v) is 33.7. The highest BCUT2D eigenvalue weighted by Gasteiger charge is 2.61. The zero-order valence-corrected chi connectivity index (χ0v) is 66.9. The maximum Gasteiger partial charge on any atom is 0.488 e. The molecule has 479 valence electrons. The van der Waals surface area contributed by atoms with Gasteiger partial charge in [0.1, 0.15) is 6.04 Å². The molecule has 0 spiro atoms. The summed E-state index contributed by atoms with van der Waals surface area (Å²) in [4.78, 5) is 40.0. The molecule has 67 heteroatoms. The van der Waals surface area contributed by atoms with Crippen molar-refractivity contribution in [2.45, 2.75) is 142 Å². The van der Waals surface area contributed by atoms with Crippen molar-refractivity contribution in [1.82, 2.24) is 20.9 Å². The third kappa shape index (κ3) is 30.0. The SMILES string of the molecule is CNC(Cc1ccc(B(O)O)c(CN(C)C)c1)C(=O)CNC(CCCCNC(=O)CCC(C)C1CCC2C3CC[C@H]4C[C@@H](O)CC[C@@]4(C)C3CC[C@@]12C)C(=O)O.[B]B([B])B(B([B])[B])B(B([B])[B])B(B(B([B])[B])B([B])[B])B(B([B])[B])B([B])[B].[B][B]B(B([B])[B])B(B(B([B])[B])B([B])[B])B(B(B([B])[B])B([B])[B])B(B([B])[B])B([B])[B]. The molecule has 4 aliphatic rings. The zero-order chi connectivity index (χ0) is 84.9. The maximum atomic E-state index is 13.1. The van der Waals surface area contributed by atoms with Crippen LogP contribution in [0.3, 0.4) is 0 Å². The van der Waals surface area contributed by atoms with Crippen LogP contribution in [0.15, 0.2) is 18.2 Å². The first-order valence-corrected chi connectivity index (χ1v) is 39.5. The van der Waals surface area contributed by atoms with E-state index in [-0.39, 0.29) is 24.3 Å². The summed E-state index contributed by atoms with van der Waals surface area (Å²) in [5, 5.41) is 48.8. The molecule has 5 rings (SSSR count). The average Bonchev–Trinajstić information content (AvgIpc) is 1.65. The molecule has 59 radical (unpaired) electrons. The lowest BCUT2D eigenvalue weighted by molar-refractivity contribution is -0.139. The Labute approximate surface area is 722 Å². The topological polar surface area (TPSA) is 171 Å². The standard InChI is InChI=1S/C44H73BN4O7.B29.B26/c1-28(34-14-15-35-33-13-12-31-25-32(50)18-20-43(31,2)36(33)19-21-44(34,35)3)10-17-41(52)47-22-8-7-9-38(42(53)54)48-26-40(51)39(46-4)24-29-11-16-37(45(55)56)30(23-29)27-49(5)6;1-16-24(17(2)3)28(25(18(4)5)19(6)7)29(26(20(8)9)21(10)11)27(22(12)13)23(14)15;1-15(2)22(16(3)4)25(21(13)14)26(23(17(5)6)18(7)8)24(19(9)10)20(11)12/h11,16,23,28,31-36,38-39,46,48,50,55-56H,7-10,12-15,17-22,24-27H2,1-6H3,(H,47,52)(H,53,54);;/t28?,31-,32-,33?,34?,35?,36?,38?,39?,43+,44-;;/m0../s1. The number of nitrogens with one attached hydrogen (secondary N) is 3. The molecule has 0 saturated heterocycles. The first kappa shape index (κ1) is 106. The molecule has 0 aliphatic heterocycles. The van der Waals surface area contributed by atoms with Crippen molar-refractivity contribution in [2.24, 2.45) is 46.3 Å². The Bertz CT molecular complexity index is 2790. The van der Waals surface area contributed by atoms with Crippen LogP contribution in [0.2, 0.25) is 0 Å². The third-order valence-corrected chi connectivity index (χ3v) is 25.9. The number of hydrogen-bond acceptors (Lipinski definition) is 9. The summed E-state index contributed by atoms with van der Waals surface area (Å²) in [6.07, 6.45) is -8.44. The number of rotatable bonds is 44. The summed E-state index contributed by atoms with van der Waals surface area (Å²) in [7, 11) is 178. The molecule has 0 heterocycles. The van der Waals surface area contributed by atoms with Crippen molar-refractivity contribution in [3.63, 3.8) is 0 Å². The number of ketones is 1.